The highest BCUT2D eigenvalue weighted by molar-refractivity contribution is 5.93. The number of furan rings is 1. The molecule has 3 aliphatic rings. The van der Waals surface area contributed by atoms with Gasteiger partial charge in [0.2, 0.25) is 0 Å². The van der Waals surface area contributed by atoms with Crippen LogP contribution in [0.4, 0.5) is 0 Å². The van der Waals surface area contributed by atoms with Gasteiger partial charge in [-0.2, -0.15) is 0 Å². The van der Waals surface area contributed by atoms with Crippen LogP contribution in [0.5, 0.6) is 0 Å². The van der Waals surface area contributed by atoms with E-state index in [4.69, 9.17) is 4.42 Å². The highest BCUT2D eigenvalue weighted by Crippen LogP contribution is 2.30. The molecule has 5 rings (SSSR count). The van der Waals surface area contributed by atoms with E-state index >= 15 is 0 Å². The lowest BCUT2D eigenvalue weighted by Crippen LogP contribution is -2.43. The zero-order chi connectivity index (χ0) is 16.5. The molecule has 2 aromatic heterocycles. The van der Waals surface area contributed by atoms with Crippen LogP contribution in [0.15, 0.2) is 41.1 Å². The summed E-state index contributed by atoms with van der Waals surface area (Å²) in [5.41, 5.74) is 0.687. The predicted octanol–water partition coefficient (Wildman–Crippen LogP) is 2.72. The van der Waals surface area contributed by atoms with Crippen molar-refractivity contribution in [2.45, 2.75) is 32.4 Å². The maximum atomic E-state index is 12.8. The zero-order valence-electron chi connectivity index (χ0n) is 14.0. The summed E-state index contributed by atoms with van der Waals surface area (Å²) in [6.07, 6.45) is 5.73. The summed E-state index contributed by atoms with van der Waals surface area (Å²) in [4.78, 5) is 21.4. The van der Waals surface area contributed by atoms with Gasteiger partial charge in [0.25, 0.3) is 5.91 Å². The molecule has 0 aromatic carbocycles. The van der Waals surface area contributed by atoms with Gasteiger partial charge >= 0.3 is 0 Å². The average Bonchev–Trinajstić information content (AvgIpc) is 2.82. The molecule has 3 aliphatic heterocycles. The fourth-order valence-corrected chi connectivity index (χ4v) is 3.98. The molecule has 3 fully saturated rings. The van der Waals surface area contributed by atoms with E-state index in [1.54, 1.807) is 12.4 Å². The van der Waals surface area contributed by atoms with Crippen LogP contribution < -0.4 is 0 Å². The SMILES string of the molecule is Cc1ccc(CN2C[C@H]3CC[C@@H]2CN(C(=O)c2cccnc2)C3)o1. The van der Waals surface area contributed by atoms with Crippen LogP contribution in [0.2, 0.25) is 0 Å². The Morgan fingerprint density at radius 3 is 2.92 bits per heavy atom. The third kappa shape index (κ3) is 3.08. The number of pyridine rings is 1. The Kier molecular flexibility index (Phi) is 4.10. The third-order valence-electron chi connectivity index (χ3n) is 5.18. The van der Waals surface area contributed by atoms with Crippen molar-refractivity contribution in [3.8, 4) is 0 Å². The lowest BCUT2D eigenvalue weighted by atomic mass is 9.95. The van der Waals surface area contributed by atoms with Crippen LogP contribution in [0, 0.1) is 12.8 Å². The van der Waals surface area contributed by atoms with Crippen molar-refractivity contribution in [1.29, 1.82) is 0 Å². The molecule has 126 valence electrons. The Labute approximate surface area is 142 Å². The second kappa shape index (κ2) is 6.40. The monoisotopic (exact) mass is 325 g/mol. The van der Waals surface area contributed by atoms with Crippen molar-refractivity contribution in [3.05, 3.63) is 53.7 Å². The van der Waals surface area contributed by atoms with Gasteiger partial charge in [0.15, 0.2) is 0 Å². The second-order valence-electron chi connectivity index (χ2n) is 6.99. The maximum Gasteiger partial charge on any atom is 0.255 e. The molecule has 0 radical (unpaired) electrons. The molecule has 24 heavy (non-hydrogen) atoms. The van der Waals surface area contributed by atoms with E-state index in [2.05, 4.69) is 16.0 Å². The molecule has 0 N–H and O–H groups in total. The Morgan fingerprint density at radius 1 is 1.25 bits per heavy atom. The molecular weight excluding hydrogens is 302 g/mol. The molecule has 0 saturated carbocycles. The van der Waals surface area contributed by atoms with Crippen LogP contribution >= 0.6 is 0 Å². The summed E-state index contributed by atoms with van der Waals surface area (Å²) in [6, 6.07) is 8.17. The van der Waals surface area contributed by atoms with E-state index in [1.165, 1.54) is 6.42 Å². The number of piperidine rings is 1. The standard InChI is InChI=1S/C19H23N3O2/c1-14-4-7-18(24-14)13-21-10-15-5-6-17(21)12-22(11-15)19(23)16-3-2-8-20-9-16/h2-4,7-9,15,17H,5-6,10-13H2,1H3/t15-,17-/m1/s1. The lowest BCUT2D eigenvalue weighted by molar-refractivity contribution is 0.0733. The largest absolute Gasteiger partial charge is 0.465 e. The minimum Gasteiger partial charge on any atom is -0.465 e. The molecule has 5 heteroatoms. The summed E-state index contributed by atoms with van der Waals surface area (Å²) < 4.78 is 5.75. The van der Waals surface area contributed by atoms with Gasteiger partial charge in [-0.05, 0) is 49.9 Å². The number of aryl methyl sites for hydroxylation is 1. The van der Waals surface area contributed by atoms with E-state index in [9.17, 15) is 4.79 Å². The third-order valence-corrected chi connectivity index (χ3v) is 5.18. The summed E-state index contributed by atoms with van der Waals surface area (Å²) in [5.74, 6) is 2.62. The Balaban J connectivity index is 1.49. The van der Waals surface area contributed by atoms with Gasteiger partial charge in [0.1, 0.15) is 11.5 Å². The lowest BCUT2D eigenvalue weighted by Gasteiger charge is -2.35. The average molecular weight is 325 g/mol. The summed E-state index contributed by atoms with van der Waals surface area (Å²) in [7, 11) is 0. The van der Waals surface area contributed by atoms with Crippen molar-refractivity contribution in [3.63, 3.8) is 0 Å². The van der Waals surface area contributed by atoms with Crippen molar-refractivity contribution in [2.24, 2.45) is 5.92 Å². The molecule has 0 spiro atoms. The minimum absolute atomic E-state index is 0.107. The number of carbonyl (C=O) groups excluding carboxylic acids is 1. The molecule has 3 saturated heterocycles. The molecule has 2 atom stereocenters. The number of aromatic nitrogens is 1. The van der Waals surface area contributed by atoms with E-state index < -0.39 is 0 Å². The Morgan fingerprint density at radius 2 is 2.17 bits per heavy atom. The first-order valence-electron chi connectivity index (χ1n) is 8.67. The van der Waals surface area contributed by atoms with Gasteiger partial charge < -0.3 is 9.32 Å². The van der Waals surface area contributed by atoms with E-state index in [0.29, 0.717) is 17.5 Å². The van der Waals surface area contributed by atoms with Gasteiger partial charge in [-0.1, -0.05) is 0 Å². The topological polar surface area (TPSA) is 49.6 Å². The molecule has 5 nitrogen and oxygen atoms in total. The normalized spacial score (nSPS) is 24.1. The predicted molar refractivity (Wildman–Crippen MR) is 90.5 cm³/mol. The highest BCUT2D eigenvalue weighted by atomic mass is 16.3. The summed E-state index contributed by atoms with van der Waals surface area (Å²) >= 11 is 0. The van der Waals surface area contributed by atoms with Crippen molar-refractivity contribution in [2.75, 3.05) is 19.6 Å². The van der Waals surface area contributed by atoms with Crippen molar-refractivity contribution < 1.29 is 9.21 Å². The fraction of sp³-hybridized carbons (Fsp3) is 0.474. The number of fused-ring (bicyclic) bond motifs is 4. The summed E-state index contributed by atoms with van der Waals surface area (Å²) in [6.45, 7) is 5.50. The number of rotatable bonds is 3. The molecular formula is C19H23N3O2. The highest BCUT2D eigenvalue weighted by Gasteiger charge is 2.36. The maximum absolute atomic E-state index is 12.8. The smallest absolute Gasteiger partial charge is 0.255 e. The molecule has 1 amide bonds. The molecule has 2 bridgehead atoms. The Hall–Kier alpha value is -2.14. The first-order valence-corrected chi connectivity index (χ1v) is 8.67. The van der Waals surface area contributed by atoms with Crippen LogP contribution in [0.25, 0.3) is 0 Å². The molecule has 5 heterocycles. The van der Waals surface area contributed by atoms with Gasteiger partial charge in [0.05, 0.1) is 12.1 Å². The number of amides is 1. The second-order valence-corrected chi connectivity index (χ2v) is 6.99. The van der Waals surface area contributed by atoms with Crippen molar-refractivity contribution >= 4 is 5.91 Å². The van der Waals surface area contributed by atoms with Crippen molar-refractivity contribution in [1.82, 2.24) is 14.8 Å². The molecule has 0 aliphatic carbocycles. The zero-order valence-corrected chi connectivity index (χ0v) is 14.0. The number of nitrogens with zero attached hydrogens (tertiary/aromatic N) is 3. The number of carbonyl (C=O) groups is 1. The van der Waals surface area contributed by atoms with Gasteiger partial charge in [0, 0.05) is 38.1 Å². The van der Waals surface area contributed by atoms with E-state index in [-0.39, 0.29) is 5.91 Å². The minimum atomic E-state index is 0.107. The van der Waals surface area contributed by atoms with Gasteiger partial charge in [-0.3, -0.25) is 14.7 Å². The Bertz CT molecular complexity index is 712. The first-order chi connectivity index (χ1) is 11.7. The van der Waals surface area contributed by atoms with Crippen LogP contribution in [-0.2, 0) is 6.54 Å². The van der Waals surface area contributed by atoms with Gasteiger partial charge in [-0.15, -0.1) is 0 Å². The quantitative estimate of drug-likeness (QED) is 0.871. The van der Waals surface area contributed by atoms with E-state index in [0.717, 1.165) is 44.1 Å². The number of hydrogen-bond acceptors (Lipinski definition) is 4. The fourth-order valence-electron chi connectivity index (χ4n) is 3.98. The van der Waals surface area contributed by atoms with E-state index in [1.807, 2.05) is 30.0 Å². The van der Waals surface area contributed by atoms with Crippen LogP contribution in [0.1, 0.15) is 34.7 Å². The first kappa shape index (κ1) is 15.4. The molecule has 2 aromatic rings. The molecule has 0 unspecified atom stereocenters. The summed E-state index contributed by atoms with van der Waals surface area (Å²) in [5, 5.41) is 0. The van der Waals surface area contributed by atoms with Crippen LogP contribution in [-0.4, -0.2) is 46.4 Å². The number of hydrogen-bond donors (Lipinski definition) is 0. The van der Waals surface area contributed by atoms with Gasteiger partial charge in [-0.25, -0.2) is 0 Å². The van der Waals surface area contributed by atoms with Crippen LogP contribution in [0.3, 0.4) is 0 Å².